The molecule has 0 spiro atoms. The number of aliphatic hydroxyl groups is 1. The summed E-state index contributed by atoms with van der Waals surface area (Å²) in [6.07, 6.45) is 0. The SMILES string of the molecule is Cc1nc(C)c(CN[C@H](CO)C(C)C)s1. The van der Waals surface area contributed by atoms with Crippen LogP contribution in [0.15, 0.2) is 0 Å². The lowest BCUT2D eigenvalue weighted by molar-refractivity contribution is 0.210. The number of hydrogen-bond donors (Lipinski definition) is 2. The third kappa shape index (κ3) is 3.55. The minimum absolute atomic E-state index is 0.173. The van der Waals surface area contributed by atoms with Gasteiger partial charge in [0.1, 0.15) is 0 Å². The van der Waals surface area contributed by atoms with Crippen LogP contribution < -0.4 is 5.32 Å². The predicted molar refractivity (Wildman–Crippen MR) is 64.1 cm³/mol. The van der Waals surface area contributed by atoms with Crippen LogP contribution in [0.1, 0.15) is 29.4 Å². The summed E-state index contributed by atoms with van der Waals surface area (Å²) in [6.45, 7) is 9.27. The highest BCUT2D eigenvalue weighted by Crippen LogP contribution is 2.17. The zero-order chi connectivity index (χ0) is 11.4. The van der Waals surface area contributed by atoms with Gasteiger partial charge in [-0.05, 0) is 19.8 Å². The molecule has 0 bridgehead atoms. The van der Waals surface area contributed by atoms with Crippen molar-refractivity contribution in [3.05, 3.63) is 15.6 Å². The number of aromatic nitrogens is 1. The van der Waals surface area contributed by atoms with E-state index in [1.807, 2.05) is 13.8 Å². The Kier molecular flexibility index (Phi) is 4.70. The Morgan fingerprint density at radius 3 is 2.47 bits per heavy atom. The highest BCUT2D eigenvalue weighted by molar-refractivity contribution is 7.11. The van der Waals surface area contributed by atoms with E-state index < -0.39 is 0 Å². The topological polar surface area (TPSA) is 45.2 Å². The molecule has 0 aliphatic rings. The molecule has 1 heterocycles. The minimum atomic E-state index is 0.173. The fourth-order valence-corrected chi connectivity index (χ4v) is 2.36. The van der Waals surface area contributed by atoms with Gasteiger partial charge in [-0.25, -0.2) is 4.98 Å². The predicted octanol–water partition coefficient (Wildman–Crippen LogP) is 1.87. The van der Waals surface area contributed by atoms with E-state index in [9.17, 15) is 5.11 Å². The van der Waals surface area contributed by atoms with Crippen LogP contribution in [0.2, 0.25) is 0 Å². The van der Waals surface area contributed by atoms with E-state index in [2.05, 4.69) is 24.1 Å². The Labute approximate surface area is 95.6 Å². The van der Waals surface area contributed by atoms with Gasteiger partial charge in [-0.2, -0.15) is 0 Å². The van der Waals surface area contributed by atoms with Crippen LogP contribution in [-0.2, 0) is 6.54 Å². The van der Waals surface area contributed by atoms with Gasteiger partial charge in [-0.3, -0.25) is 0 Å². The Morgan fingerprint density at radius 2 is 2.07 bits per heavy atom. The van der Waals surface area contributed by atoms with Crippen molar-refractivity contribution in [1.82, 2.24) is 10.3 Å². The highest BCUT2D eigenvalue weighted by atomic mass is 32.1. The molecule has 3 nitrogen and oxygen atoms in total. The van der Waals surface area contributed by atoms with Crippen LogP contribution in [0.25, 0.3) is 0 Å². The van der Waals surface area contributed by atoms with Gasteiger partial charge in [-0.1, -0.05) is 13.8 Å². The number of thiazole rings is 1. The second-order valence-corrected chi connectivity index (χ2v) is 5.44. The molecule has 1 aromatic heterocycles. The molecular weight excluding hydrogens is 208 g/mol. The normalized spacial score (nSPS) is 13.5. The Morgan fingerprint density at radius 1 is 1.40 bits per heavy atom. The van der Waals surface area contributed by atoms with Crippen molar-refractivity contribution < 1.29 is 5.11 Å². The van der Waals surface area contributed by atoms with Crippen LogP contribution >= 0.6 is 11.3 Å². The van der Waals surface area contributed by atoms with Crippen molar-refractivity contribution in [2.75, 3.05) is 6.61 Å². The van der Waals surface area contributed by atoms with Crippen LogP contribution in [0.5, 0.6) is 0 Å². The molecule has 0 saturated heterocycles. The summed E-state index contributed by atoms with van der Waals surface area (Å²) < 4.78 is 0. The third-order valence-electron chi connectivity index (χ3n) is 2.53. The maximum atomic E-state index is 9.17. The molecule has 2 N–H and O–H groups in total. The van der Waals surface area contributed by atoms with Gasteiger partial charge in [-0.15, -0.1) is 11.3 Å². The average molecular weight is 228 g/mol. The monoisotopic (exact) mass is 228 g/mol. The molecular formula is C11H20N2OS. The quantitative estimate of drug-likeness (QED) is 0.808. The lowest BCUT2D eigenvalue weighted by atomic mass is 10.1. The van der Waals surface area contributed by atoms with Gasteiger partial charge in [0.05, 0.1) is 17.3 Å². The largest absolute Gasteiger partial charge is 0.395 e. The first-order valence-electron chi connectivity index (χ1n) is 5.31. The zero-order valence-electron chi connectivity index (χ0n) is 9.87. The van der Waals surface area contributed by atoms with Gasteiger partial charge in [0.15, 0.2) is 0 Å². The number of aliphatic hydroxyl groups excluding tert-OH is 1. The summed E-state index contributed by atoms with van der Waals surface area (Å²) in [4.78, 5) is 5.65. The van der Waals surface area contributed by atoms with E-state index in [-0.39, 0.29) is 12.6 Å². The van der Waals surface area contributed by atoms with Crippen molar-refractivity contribution in [2.24, 2.45) is 5.92 Å². The van der Waals surface area contributed by atoms with Crippen LogP contribution in [0, 0.1) is 19.8 Å². The fourth-order valence-electron chi connectivity index (χ4n) is 1.47. The Bertz CT molecular complexity index is 310. The van der Waals surface area contributed by atoms with Crippen molar-refractivity contribution in [3.8, 4) is 0 Å². The molecule has 1 atom stereocenters. The summed E-state index contributed by atoms with van der Waals surface area (Å²) in [5.41, 5.74) is 1.10. The van der Waals surface area contributed by atoms with Crippen molar-refractivity contribution in [1.29, 1.82) is 0 Å². The first-order valence-corrected chi connectivity index (χ1v) is 6.13. The molecule has 4 heteroatoms. The summed E-state index contributed by atoms with van der Waals surface area (Å²) in [6, 6.07) is 0.173. The summed E-state index contributed by atoms with van der Waals surface area (Å²) in [5.74, 6) is 0.448. The number of nitrogens with one attached hydrogen (secondary N) is 1. The van der Waals surface area contributed by atoms with Crippen LogP contribution in [0.4, 0.5) is 0 Å². The van der Waals surface area contributed by atoms with E-state index in [0.29, 0.717) is 5.92 Å². The standard InChI is InChI=1S/C11H20N2OS/c1-7(2)10(6-14)12-5-11-8(3)13-9(4)15-11/h7,10,12,14H,5-6H2,1-4H3/t10-/m1/s1. The second kappa shape index (κ2) is 5.58. The van der Waals surface area contributed by atoms with Gasteiger partial charge >= 0.3 is 0 Å². The number of hydrogen-bond acceptors (Lipinski definition) is 4. The van der Waals surface area contributed by atoms with E-state index in [4.69, 9.17) is 0 Å². The van der Waals surface area contributed by atoms with Gasteiger partial charge < -0.3 is 10.4 Å². The van der Waals surface area contributed by atoms with Gasteiger partial charge in [0.2, 0.25) is 0 Å². The molecule has 1 aromatic rings. The summed E-state index contributed by atoms with van der Waals surface area (Å²) >= 11 is 1.72. The molecule has 1 rings (SSSR count). The molecule has 0 aliphatic heterocycles. The molecule has 0 aromatic carbocycles. The number of nitrogens with zero attached hydrogens (tertiary/aromatic N) is 1. The molecule has 0 fully saturated rings. The van der Waals surface area contributed by atoms with Crippen molar-refractivity contribution in [3.63, 3.8) is 0 Å². The van der Waals surface area contributed by atoms with E-state index in [1.165, 1.54) is 4.88 Å². The first kappa shape index (κ1) is 12.6. The molecule has 86 valence electrons. The molecule has 0 amide bonds. The Balaban J connectivity index is 2.52. The third-order valence-corrected chi connectivity index (χ3v) is 3.60. The van der Waals surface area contributed by atoms with E-state index >= 15 is 0 Å². The Hall–Kier alpha value is -0.450. The maximum Gasteiger partial charge on any atom is 0.0900 e. The van der Waals surface area contributed by atoms with Crippen molar-refractivity contribution >= 4 is 11.3 Å². The smallest absolute Gasteiger partial charge is 0.0900 e. The van der Waals surface area contributed by atoms with E-state index in [0.717, 1.165) is 17.2 Å². The minimum Gasteiger partial charge on any atom is -0.395 e. The first-order chi connectivity index (χ1) is 7.04. The number of rotatable bonds is 5. The molecule has 15 heavy (non-hydrogen) atoms. The maximum absolute atomic E-state index is 9.17. The van der Waals surface area contributed by atoms with Crippen LogP contribution in [0.3, 0.4) is 0 Å². The van der Waals surface area contributed by atoms with Gasteiger partial charge in [0, 0.05) is 17.5 Å². The highest BCUT2D eigenvalue weighted by Gasteiger charge is 2.12. The van der Waals surface area contributed by atoms with Crippen LogP contribution in [-0.4, -0.2) is 22.7 Å². The molecule has 0 saturated carbocycles. The van der Waals surface area contributed by atoms with Crippen molar-refractivity contribution in [2.45, 2.75) is 40.3 Å². The number of aryl methyl sites for hydroxylation is 2. The van der Waals surface area contributed by atoms with E-state index in [1.54, 1.807) is 11.3 Å². The van der Waals surface area contributed by atoms with Gasteiger partial charge in [0.25, 0.3) is 0 Å². The fraction of sp³-hybridized carbons (Fsp3) is 0.727. The lowest BCUT2D eigenvalue weighted by Crippen LogP contribution is -2.36. The zero-order valence-corrected chi connectivity index (χ0v) is 10.7. The lowest BCUT2D eigenvalue weighted by Gasteiger charge is -2.19. The molecule has 0 radical (unpaired) electrons. The summed E-state index contributed by atoms with van der Waals surface area (Å²) in [7, 11) is 0. The average Bonchev–Trinajstić information content (AvgIpc) is 2.45. The second-order valence-electron chi connectivity index (χ2n) is 4.16. The molecule has 0 aliphatic carbocycles. The summed E-state index contributed by atoms with van der Waals surface area (Å²) in [5, 5.41) is 13.6. The molecule has 0 unspecified atom stereocenters.